The summed E-state index contributed by atoms with van der Waals surface area (Å²) in [6.07, 6.45) is 0. The molecule has 0 aliphatic heterocycles. The molecule has 0 amide bonds. The number of carbonyl (C=O) groups is 1. The molecule has 1 nitrogen and oxygen atoms in total. The van der Waals surface area contributed by atoms with Crippen LogP contribution in [-0.4, -0.2) is 5.78 Å². The van der Waals surface area contributed by atoms with E-state index < -0.39 is 0 Å². The Hall–Kier alpha value is -2.67. The summed E-state index contributed by atoms with van der Waals surface area (Å²) in [5.41, 5.74) is 6.10. The molecule has 0 saturated heterocycles. The van der Waals surface area contributed by atoms with Crippen LogP contribution < -0.4 is 0 Å². The van der Waals surface area contributed by atoms with Crippen molar-refractivity contribution in [1.29, 1.82) is 0 Å². The van der Waals surface area contributed by atoms with Crippen molar-refractivity contribution >= 4 is 5.78 Å². The molecule has 3 rings (SSSR count). The third-order valence-electron chi connectivity index (χ3n) is 3.78. The highest BCUT2D eigenvalue weighted by molar-refractivity contribution is 6.09. The van der Waals surface area contributed by atoms with Gasteiger partial charge in [-0.05, 0) is 31.0 Å². The van der Waals surface area contributed by atoms with E-state index in [0.29, 0.717) is 0 Å². The lowest BCUT2D eigenvalue weighted by molar-refractivity contribution is 0.103. The van der Waals surface area contributed by atoms with Crippen LogP contribution in [0.3, 0.4) is 0 Å². The molecule has 0 spiro atoms. The topological polar surface area (TPSA) is 17.1 Å². The van der Waals surface area contributed by atoms with Gasteiger partial charge in [-0.3, -0.25) is 4.79 Å². The predicted molar refractivity (Wildman–Crippen MR) is 91.2 cm³/mol. The fourth-order valence-electron chi connectivity index (χ4n) is 2.59. The minimum Gasteiger partial charge on any atom is -0.289 e. The molecule has 0 heterocycles. The molecule has 0 aliphatic rings. The molecule has 0 aromatic heterocycles. The number of hydrogen-bond donors (Lipinski definition) is 0. The fourth-order valence-corrected chi connectivity index (χ4v) is 2.59. The van der Waals surface area contributed by atoms with Gasteiger partial charge in [0.05, 0.1) is 0 Å². The van der Waals surface area contributed by atoms with Crippen LogP contribution in [0.1, 0.15) is 27.0 Å². The summed E-state index contributed by atoms with van der Waals surface area (Å²) in [6, 6.07) is 23.9. The number of aryl methyl sites for hydroxylation is 2. The van der Waals surface area contributed by atoms with Gasteiger partial charge in [-0.15, -0.1) is 0 Å². The molecule has 0 radical (unpaired) electrons. The Kier molecular flexibility index (Phi) is 3.88. The third kappa shape index (κ3) is 2.99. The molecule has 0 bridgehead atoms. The quantitative estimate of drug-likeness (QED) is 0.605. The zero-order valence-corrected chi connectivity index (χ0v) is 12.8. The van der Waals surface area contributed by atoms with E-state index >= 15 is 0 Å². The van der Waals surface area contributed by atoms with E-state index in [0.717, 1.165) is 22.3 Å². The highest BCUT2D eigenvalue weighted by atomic mass is 16.1. The summed E-state index contributed by atoms with van der Waals surface area (Å²) in [5, 5.41) is 0. The Morgan fingerprint density at radius 2 is 1.27 bits per heavy atom. The maximum Gasteiger partial charge on any atom is 0.193 e. The van der Waals surface area contributed by atoms with E-state index in [1.165, 1.54) is 11.1 Å². The van der Waals surface area contributed by atoms with Crippen molar-refractivity contribution in [2.45, 2.75) is 13.8 Å². The van der Waals surface area contributed by atoms with Gasteiger partial charge < -0.3 is 0 Å². The van der Waals surface area contributed by atoms with Gasteiger partial charge in [-0.25, -0.2) is 0 Å². The maximum atomic E-state index is 12.5. The molecule has 22 heavy (non-hydrogen) atoms. The Morgan fingerprint density at radius 3 is 1.91 bits per heavy atom. The zero-order chi connectivity index (χ0) is 15.5. The van der Waals surface area contributed by atoms with E-state index in [2.05, 4.69) is 31.2 Å². The van der Waals surface area contributed by atoms with Crippen LogP contribution in [0.2, 0.25) is 0 Å². The number of rotatable bonds is 3. The second-order valence-electron chi connectivity index (χ2n) is 5.65. The summed E-state index contributed by atoms with van der Waals surface area (Å²) < 4.78 is 0. The minimum absolute atomic E-state index is 0.0690. The molecule has 0 fully saturated rings. The Labute approximate surface area is 131 Å². The first-order valence-electron chi connectivity index (χ1n) is 7.42. The van der Waals surface area contributed by atoms with Gasteiger partial charge in [-0.1, -0.05) is 77.9 Å². The van der Waals surface area contributed by atoms with E-state index in [9.17, 15) is 4.79 Å². The lowest BCUT2D eigenvalue weighted by Crippen LogP contribution is -2.01. The number of ketones is 1. The van der Waals surface area contributed by atoms with Gasteiger partial charge in [0.2, 0.25) is 0 Å². The first-order chi connectivity index (χ1) is 10.6. The van der Waals surface area contributed by atoms with E-state index in [1.807, 2.05) is 55.5 Å². The van der Waals surface area contributed by atoms with Crippen LogP contribution >= 0.6 is 0 Å². The Balaban J connectivity index is 1.90. The van der Waals surface area contributed by atoms with Crippen molar-refractivity contribution < 1.29 is 4.79 Å². The van der Waals surface area contributed by atoms with Crippen molar-refractivity contribution in [1.82, 2.24) is 0 Å². The fraction of sp³-hybridized carbons (Fsp3) is 0.0952. The largest absolute Gasteiger partial charge is 0.289 e. The van der Waals surface area contributed by atoms with Crippen LogP contribution in [0.5, 0.6) is 0 Å². The monoisotopic (exact) mass is 286 g/mol. The summed E-state index contributed by atoms with van der Waals surface area (Å²) in [6.45, 7) is 4.08. The lowest BCUT2D eigenvalue weighted by Gasteiger charge is -2.06. The maximum absolute atomic E-state index is 12.5. The second kappa shape index (κ2) is 5.98. The highest BCUT2D eigenvalue weighted by Gasteiger charge is 2.09. The van der Waals surface area contributed by atoms with Crippen LogP contribution in [0.15, 0.2) is 72.8 Å². The van der Waals surface area contributed by atoms with Crippen molar-refractivity contribution in [3.05, 3.63) is 95.1 Å². The molecular formula is C21H18O. The first-order valence-corrected chi connectivity index (χ1v) is 7.42. The van der Waals surface area contributed by atoms with Gasteiger partial charge in [0.1, 0.15) is 0 Å². The SMILES string of the molecule is Cc1cccc(C(=O)c2ccc(-c3cccc(C)c3)cc2)c1. The molecule has 3 aromatic carbocycles. The van der Waals surface area contributed by atoms with Crippen LogP contribution in [0, 0.1) is 13.8 Å². The average molecular weight is 286 g/mol. The molecule has 0 N–H and O–H groups in total. The van der Waals surface area contributed by atoms with Gasteiger partial charge in [0.15, 0.2) is 5.78 Å². The Bertz CT molecular complexity index is 813. The molecule has 1 heteroatoms. The zero-order valence-electron chi connectivity index (χ0n) is 12.8. The van der Waals surface area contributed by atoms with Gasteiger partial charge in [-0.2, -0.15) is 0 Å². The van der Waals surface area contributed by atoms with E-state index in [1.54, 1.807) is 0 Å². The predicted octanol–water partition coefficient (Wildman–Crippen LogP) is 5.20. The number of carbonyl (C=O) groups excluding carboxylic acids is 1. The highest BCUT2D eigenvalue weighted by Crippen LogP contribution is 2.22. The molecule has 0 unspecified atom stereocenters. The van der Waals surface area contributed by atoms with Gasteiger partial charge in [0.25, 0.3) is 0 Å². The summed E-state index contributed by atoms with van der Waals surface area (Å²) >= 11 is 0. The summed E-state index contributed by atoms with van der Waals surface area (Å²) in [4.78, 5) is 12.5. The van der Waals surface area contributed by atoms with Crippen molar-refractivity contribution in [2.24, 2.45) is 0 Å². The standard InChI is InChI=1S/C21H18O/c1-15-5-3-7-19(13-15)17-9-11-18(12-10-17)21(22)20-8-4-6-16(2)14-20/h3-14H,1-2H3. The molecular weight excluding hydrogens is 268 g/mol. The molecule has 3 aromatic rings. The smallest absolute Gasteiger partial charge is 0.193 e. The van der Waals surface area contributed by atoms with Gasteiger partial charge >= 0.3 is 0 Å². The summed E-state index contributed by atoms with van der Waals surface area (Å²) in [5.74, 6) is 0.0690. The number of benzene rings is 3. The third-order valence-corrected chi connectivity index (χ3v) is 3.78. The molecule has 0 saturated carbocycles. The lowest BCUT2D eigenvalue weighted by atomic mass is 9.98. The Morgan fingerprint density at radius 1 is 0.636 bits per heavy atom. The van der Waals surface area contributed by atoms with Crippen LogP contribution in [-0.2, 0) is 0 Å². The van der Waals surface area contributed by atoms with E-state index in [4.69, 9.17) is 0 Å². The van der Waals surface area contributed by atoms with Crippen LogP contribution in [0.4, 0.5) is 0 Å². The second-order valence-corrected chi connectivity index (χ2v) is 5.65. The average Bonchev–Trinajstić information content (AvgIpc) is 2.54. The first kappa shape index (κ1) is 14.3. The normalized spacial score (nSPS) is 10.5. The molecule has 0 aliphatic carbocycles. The minimum atomic E-state index is 0.0690. The van der Waals surface area contributed by atoms with Crippen LogP contribution in [0.25, 0.3) is 11.1 Å². The van der Waals surface area contributed by atoms with E-state index in [-0.39, 0.29) is 5.78 Å². The molecule has 0 atom stereocenters. The number of hydrogen-bond acceptors (Lipinski definition) is 1. The summed E-state index contributed by atoms with van der Waals surface area (Å²) in [7, 11) is 0. The van der Waals surface area contributed by atoms with Gasteiger partial charge in [0, 0.05) is 11.1 Å². The molecule has 108 valence electrons. The van der Waals surface area contributed by atoms with Crippen molar-refractivity contribution in [3.63, 3.8) is 0 Å². The van der Waals surface area contributed by atoms with Crippen molar-refractivity contribution in [2.75, 3.05) is 0 Å². The van der Waals surface area contributed by atoms with Crippen molar-refractivity contribution in [3.8, 4) is 11.1 Å².